The zero-order chi connectivity index (χ0) is 16.2. The van der Waals surface area contributed by atoms with Gasteiger partial charge >= 0.3 is 5.97 Å². The van der Waals surface area contributed by atoms with Crippen LogP contribution in [0, 0.1) is 23.7 Å². The Morgan fingerprint density at radius 1 is 1.04 bits per heavy atom. The number of benzene rings is 1. The Morgan fingerprint density at radius 3 is 2.43 bits per heavy atom. The molecule has 4 atom stereocenters. The fourth-order valence-corrected chi connectivity index (χ4v) is 3.94. The van der Waals surface area contributed by atoms with Crippen molar-refractivity contribution < 1.29 is 14.7 Å². The van der Waals surface area contributed by atoms with Gasteiger partial charge in [-0.3, -0.25) is 9.59 Å². The summed E-state index contributed by atoms with van der Waals surface area (Å²) in [6, 6.07) is 10.3. The zero-order valence-electron chi connectivity index (χ0n) is 13.2. The lowest BCUT2D eigenvalue weighted by Crippen LogP contribution is -2.40. The minimum absolute atomic E-state index is 0.0336. The second kappa shape index (κ2) is 6.99. The summed E-state index contributed by atoms with van der Waals surface area (Å²) >= 11 is 0. The molecule has 0 radical (unpaired) electrons. The highest BCUT2D eigenvalue weighted by Gasteiger charge is 2.51. The van der Waals surface area contributed by atoms with Crippen LogP contribution in [0.15, 0.2) is 42.5 Å². The molecule has 0 heterocycles. The second-order valence-corrected chi connectivity index (χ2v) is 6.57. The number of nitrogens with one attached hydrogen (secondary N) is 1. The summed E-state index contributed by atoms with van der Waals surface area (Å²) in [5.74, 6) is -1.73. The molecule has 2 N–H and O–H groups in total. The third-order valence-corrected chi connectivity index (χ3v) is 5.08. The van der Waals surface area contributed by atoms with Crippen molar-refractivity contribution >= 4 is 11.9 Å². The van der Waals surface area contributed by atoms with E-state index in [4.69, 9.17) is 0 Å². The highest BCUT2D eigenvalue weighted by atomic mass is 16.4. The van der Waals surface area contributed by atoms with Gasteiger partial charge in [0.1, 0.15) is 0 Å². The molecule has 1 amide bonds. The number of allylic oxidation sites excluding steroid dienone is 2. The number of aryl methyl sites for hydroxylation is 1. The average molecular weight is 313 g/mol. The Morgan fingerprint density at radius 2 is 1.74 bits per heavy atom. The summed E-state index contributed by atoms with van der Waals surface area (Å²) in [6.07, 6.45) is 7.73. The minimum atomic E-state index is -0.842. The standard InChI is InChI=1S/C19H23NO3/c21-18(16-14-9-10-15(12-14)17(16)19(22)23)20-11-5-4-8-13-6-2-1-3-7-13/h1-3,6-7,9-10,14-17H,4-5,8,11-12H2,(H,20,21)(H,22,23)/t14-,15-,16-,17+/m0/s1. The van der Waals surface area contributed by atoms with Crippen molar-refractivity contribution in [2.45, 2.75) is 25.7 Å². The Balaban J connectivity index is 1.43. The van der Waals surface area contributed by atoms with Gasteiger partial charge in [0.2, 0.25) is 5.91 Å². The monoisotopic (exact) mass is 313 g/mol. The molecular formula is C19H23NO3. The van der Waals surface area contributed by atoms with Gasteiger partial charge in [0.05, 0.1) is 11.8 Å². The first-order valence-corrected chi connectivity index (χ1v) is 8.39. The van der Waals surface area contributed by atoms with Gasteiger partial charge in [0.25, 0.3) is 0 Å². The van der Waals surface area contributed by atoms with Gasteiger partial charge < -0.3 is 10.4 Å². The van der Waals surface area contributed by atoms with Crippen molar-refractivity contribution in [1.82, 2.24) is 5.32 Å². The summed E-state index contributed by atoms with van der Waals surface area (Å²) in [7, 11) is 0. The summed E-state index contributed by atoms with van der Waals surface area (Å²) in [4.78, 5) is 23.8. The molecule has 1 fully saturated rings. The van der Waals surface area contributed by atoms with Crippen LogP contribution in [0.2, 0.25) is 0 Å². The summed E-state index contributed by atoms with van der Waals surface area (Å²) in [5, 5.41) is 12.3. The molecule has 1 saturated carbocycles. The quantitative estimate of drug-likeness (QED) is 0.601. The highest BCUT2D eigenvalue weighted by Crippen LogP contribution is 2.48. The maximum Gasteiger partial charge on any atom is 0.307 e. The molecule has 2 aliphatic carbocycles. The van der Waals surface area contributed by atoms with Crippen molar-refractivity contribution in [2.24, 2.45) is 23.7 Å². The van der Waals surface area contributed by atoms with E-state index in [-0.39, 0.29) is 17.7 Å². The van der Waals surface area contributed by atoms with Gasteiger partial charge in [-0.15, -0.1) is 0 Å². The zero-order valence-corrected chi connectivity index (χ0v) is 13.2. The Bertz CT molecular complexity index is 596. The van der Waals surface area contributed by atoms with Crippen LogP contribution in [-0.2, 0) is 16.0 Å². The van der Waals surface area contributed by atoms with Crippen molar-refractivity contribution in [2.75, 3.05) is 6.54 Å². The van der Waals surface area contributed by atoms with Crippen LogP contribution in [0.25, 0.3) is 0 Å². The van der Waals surface area contributed by atoms with Gasteiger partial charge in [-0.25, -0.2) is 0 Å². The number of carboxylic acids is 1. The van der Waals surface area contributed by atoms with E-state index in [1.807, 2.05) is 30.4 Å². The number of rotatable bonds is 7. The van der Waals surface area contributed by atoms with Gasteiger partial charge in [0, 0.05) is 6.54 Å². The van der Waals surface area contributed by atoms with Gasteiger partial charge in [-0.2, -0.15) is 0 Å². The van der Waals surface area contributed by atoms with Crippen molar-refractivity contribution in [3.63, 3.8) is 0 Å². The Kier molecular flexibility index (Phi) is 4.79. The molecule has 0 aliphatic heterocycles. The first kappa shape index (κ1) is 15.8. The molecule has 122 valence electrons. The van der Waals surface area contributed by atoms with E-state index in [1.165, 1.54) is 5.56 Å². The van der Waals surface area contributed by atoms with E-state index in [0.717, 1.165) is 25.7 Å². The lowest BCUT2D eigenvalue weighted by Gasteiger charge is -2.23. The Hall–Kier alpha value is -2.10. The molecule has 1 aromatic rings. The third kappa shape index (κ3) is 3.46. The van der Waals surface area contributed by atoms with Gasteiger partial charge in [-0.1, -0.05) is 42.5 Å². The molecule has 1 aromatic carbocycles. The third-order valence-electron chi connectivity index (χ3n) is 5.08. The maximum absolute atomic E-state index is 12.4. The van der Waals surface area contributed by atoms with Crippen LogP contribution in [-0.4, -0.2) is 23.5 Å². The molecule has 4 heteroatoms. The van der Waals surface area contributed by atoms with Crippen molar-refractivity contribution in [1.29, 1.82) is 0 Å². The molecule has 2 bridgehead atoms. The highest BCUT2D eigenvalue weighted by molar-refractivity contribution is 5.86. The number of carbonyl (C=O) groups excluding carboxylic acids is 1. The summed E-state index contributed by atoms with van der Waals surface area (Å²) in [6.45, 7) is 0.621. The fourth-order valence-electron chi connectivity index (χ4n) is 3.94. The smallest absolute Gasteiger partial charge is 0.307 e. The number of carbonyl (C=O) groups is 2. The maximum atomic E-state index is 12.4. The average Bonchev–Trinajstić information content (AvgIpc) is 3.16. The Labute approximate surface area is 136 Å². The molecule has 2 aliphatic rings. The van der Waals surface area contributed by atoms with Crippen LogP contribution in [0.4, 0.5) is 0 Å². The van der Waals surface area contributed by atoms with Crippen LogP contribution in [0.1, 0.15) is 24.8 Å². The van der Waals surface area contributed by atoms with Crippen molar-refractivity contribution in [3.8, 4) is 0 Å². The fraction of sp³-hybridized carbons (Fsp3) is 0.474. The molecular weight excluding hydrogens is 290 g/mol. The predicted molar refractivity (Wildman–Crippen MR) is 87.7 cm³/mol. The van der Waals surface area contributed by atoms with E-state index >= 15 is 0 Å². The van der Waals surface area contributed by atoms with E-state index in [0.29, 0.717) is 6.54 Å². The number of aliphatic carboxylic acids is 1. The molecule has 4 nitrogen and oxygen atoms in total. The van der Waals surface area contributed by atoms with Crippen LogP contribution < -0.4 is 5.32 Å². The normalized spacial score (nSPS) is 28.0. The lowest BCUT2D eigenvalue weighted by atomic mass is 9.82. The molecule has 3 rings (SSSR count). The van der Waals surface area contributed by atoms with Crippen LogP contribution in [0.3, 0.4) is 0 Å². The number of hydrogen-bond acceptors (Lipinski definition) is 2. The van der Waals surface area contributed by atoms with E-state index < -0.39 is 17.8 Å². The van der Waals surface area contributed by atoms with Gasteiger partial charge in [-0.05, 0) is 43.1 Å². The number of fused-ring (bicyclic) bond motifs is 2. The largest absolute Gasteiger partial charge is 0.481 e. The molecule has 23 heavy (non-hydrogen) atoms. The first-order chi connectivity index (χ1) is 11.2. The minimum Gasteiger partial charge on any atom is -0.481 e. The van der Waals surface area contributed by atoms with Crippen LogP contribution in [0.5, 0.6) is 0 Å². The number of carboxylic acid groups (broad SMARTS) is 1. The predicted octanol–water partition coefficient (Wildman–Crippen LogP) is 2.65. The first-order valence-electron chi connectivity index (χ1n) is 8.39. The number of amides is 1. The molecule has 0 unspecified atom stereocenters. The SMILES string of the molecule is O=C(NCCCCc1ccccc1)[C@@H]1[C@H](C(=O)O)[C@H]2C=C[C@H]1C2. The van der Waals surface area contributed by atoms with E-state index in [1.54, 1.807) is 0 Å². The second-order valence-electron chi connectivity index (χ2n) is 6.57. The number of hydrogen-bond donors (Lipinski definition) is 2. The summed E-state index contributed by atoms with van der Waals surface area (Å²) in [5.41, 5.74) is 1.31. The van der Waals surface area contributed by atoms with Crippen molar-refractivity contribution in [3.05, 3.63) is 48.0 Å². The summed E-state index contributed by atoms with van der Waals surface area (Å²) < 4.78 is 0. The van der Waals surface area contributed by atoms with Crippen LogP contribution >= 0.6 is 0 Å². The molecule has 0 saturated heterocycles. The molecule has 0 spiro atoms. The van der Waals surface area contributed by atoms with E-state index in [2.05, 4.69) is 17.4 Å². The topological polar surface area (TPSA) is 66.4 Å². The number of unbranched alkanes of at least 4 members (excludes halogenated alkanes) is 1. The van der Waals surface area contributed by atoms with Gasteiger partial charge in [0.15, 0.2) is 0 Å². The lowest BCUT2D eigenvalue weighted by molar-refractivity contribution is -0.147. The molecule has 0 aromatic heterocycles. The van der Waals surface area contributed by atoms with E-state index in [9.17, 15) is 14.7 Å².